The SMILES string of the molecule is CCCCn1c(C(=O)Nc2nnc(C3CCCO3)s2)c(C)c2ccccc21. The zero-order valence-corrected chi connectivity index (χ0v) is 16.5. The number of nitrogens with zero attached hydrogens (tertiary/aromatic N) is 3. The minimum absolute atomic E-state index is 0.0193. The van der Waals surface area contributed by atoms with Gasteiger partial charge in [-0.15, -0.1) is 10.2 Å². The van der Waals surface area contributed by atoms with Crippen molar-refractivity contribution >= 4 is 33.3 Å². The molecule has 3 aromatic rings. The Morgan fingerprint density at radius 3 is 3.00 bits per heavy atom. The largest absolute Gasteiger partial charge is 0.371 e. The van der Waals surface area contributed by atoms with Crippen LogP contribution in [0.3, 0.4) is 0 Å². The van der Waals surface area contributed by atoms with E-state index in [1.165, 1.54) is 11.3 Å². The first kappa shape index (κ1) is 18.1. The summed E-state index contributed by atoms with van der Waals surface area (Å²) < 4.78 is 7.79. The number of nitrogens with one attached hydrogen (secondary N) is 1. The first-order chi connectivity index (χ1) is 13.2. The van der Waals surface area contributed by atoms with Crippen LogP contribution in [0.2, 0.25) is 0 Å². The number of para-hydroxylation sites is 1. The van der Waals surface area contributed by atoms with Crippen molar-refractivity contribution in [1.82, 2.24) is 14.8 Å². The number of carbonyl (C=O) groups excluding carboxylic acids is 1. The van der Waals surface area contributed by atoms with Crippen molar-refractivity contribution in [3.8, 4) is 0 Å². The molecule has 1 unspecified atom stereocenters. The molecule has 1 fully saturated rings. The van der Waals surface area contributed by atoms with Gasteiger partial charge in [-0.3, -0.25) is 10.1 Å². The Kier molecular flexibility index (Phi) is 5.22. The van der Waals surface area contributed by atoms with Crippen LogP contribution in [0.25, 0.3) is 10.9 Å². The van der Waals surface area contributed by atoms with Crippen LogP contribution in [0.5, 0.6) is 0 Å². The van der Waals surface area contributed by atoms with Crippen LogP contribution in [-0.2, 0) is 11.3 Å². The topological polar surface area (TPSA) is 69.0 Å². The van der Waals surface area contributed by atoms with E-state index in [0.29, 0.717) is 10.8 Å². The van der Waals surface area contributed by atoms with Crippen LogP contribution in [-0.4, -0.2) is 27.3 Å². The van der Waals surface area contributed by atoms with E-state index in [0.717, 1.165) is 60.3 Å². The predicted octanol–water partition coefficient (Wildman–Crippen LogP) is 4.71. The summed E-state index contributed by atoms with van der Waals surface area (Å²) in [6.45, 7) is 5.76. The highest BCUT2D eigenvalue weighted by Crippen LogP contribution is 2.32. The molecule has 1 saturated heterocycles. The molecule has 1 aromatic carbocycles. The van der Waals surface area contributed by atoms with Gasteiger partial charge in [0.25, 0.3) is 5.91 Å². The molecule has 3 heterocycles. The molecule has 0 saturated carbocycles. The van der Waals surface area contributed by atoms with E-state index in [-0.39, 0.29) is 12.0 Å². The number of carbonyl (C=O) groups is 1. The van der Waals surface area contributed by atoms with E-state index in [1.807, 2.05) is 19.1 Å². The lowest BCUT2D eigenvalue weighted by Gasteiger charge is -2.10. The average Bonchev–Trinajstić information content (AvgIpc) is 3.40. The Morgan fingerprint density at radius 1 is 1.37 bits per heavy atom. The number of hydrogen-bond acceptors (Lipinski definition) is 5. The van der Waals surface area contributed by atoms with Crippen molar-refractivity contribution in [2.45, 2.75) is 52.2 Å². The van der Waals surface area contributed by atoms with E-state index >= 15 is 0 Å². The van der Waals surface area contributed by atoms with Crippen molar-refractivity contribution in [3.63, 3.8) is 0 Å². The van der Waals surface area contributed by atoms with Gasteiger partial charge in [0.15, 0.2) is 0 Å². The summed E-state index contributed by atoms with van der Waals surface area (Å²) in [4.78, 5) is 13.1. The van der Waals surface area contributed by atoms with Gasteiger partial charge < -0.3 is 9.30 Å². The lowest BCUT2D eigenvalue weighted by molar-refractivity contribution is 0.101. The van der Waals surface area contributed by atoms with Crippen molar-refractivity contribution in [1.29, 1.82) is 0 Å². The number of rotatable bonds is 6. The minimum Gasteiger partial charge on any atom is -0.371 e. The third-order valence-electron chi connectivity index (χ3n) is 5.04. The molecule has 1 atom stereocenters. The molecular formula is C20H24N4O2S. The first-order valence-electron chi connectivity index (χ1n) is 9.53. The number of amides is 1. The summed E-state index contributed by atoms with van der Waals surface area (Å²) in [5, 5.41) is 13.8. The number of aryl methyl sites for hydroxylation is 2. The zero-order valence-electron chi connectivity index (χ0n) is 15.7. The molecule has 142 valence electrons. The summed E-state index contributed by atoms with van der Waals surface area (Å²) in [6.07, 6.45) is 4.13. The monoisotopic (exact) mass is 384 g/mol. The van der Waals surface area contributed by atoms with E-state index in [4.69, 9.17) is 4.74 Å². The Bertz CT molecular complexity index is 956. The van der Waals surface area contributed by atoms with E-state index in [9.17, 15) is 4.79 Å². The second-order valence-corrected chi connectivity index (χ2v) is 7.91. The second-order valence-electron chi connectivity index (χ2n) is 6.90. The molecule has 27 heavy (non-hydrogen) atoms. The molecule has 6 nitrogen and oxygen atoms in total. The fourth-order valence-corrected chi connectivity index (χ4v) is 4.48. The smallest absolute Gasteiger partial charge is 0.274 e. The van der Waals surface area contributed by atoms with Crippen LogP contribution in [0.15, 0.2) is 24.3 Å². The van der Waals surface area contributed by atoms with Gasteiger partial charge in [0.1, 0.15) is 16.8 Å². The van der Waals surface area contributed by atoms with E-state index in [2.05, 4.69) is 39.1 Å². The molecule has 4 rings (SSSR count). The maximum atomic E-state index is 13.1. The first-order valence-corrected chi connectivity index (χ1v) is 10.3. The number of unbranched alkanes of at least 4 members (excludes halogenated alkanes) is 1. The molecule has 2 aromatic heterocycles. The lowest BCUT2D eigenvalue weighted by atomic mass is 10.1. The highest BCUT2D eigenvalue weighted by atomic mass is 32.1. The van der Waals surface area contributed by atoms with Crippen molar-refractivity contribution in [3.05, 3.63) is 40.5 Å². The highest BCUT2D eigenvalue weighted by Gasteiger charge is 2.24. The van der Waals surface area contributed by atoms with Gasteiger partial charge in [-0.25, -0.2) is 0 Å². The third kappa shape index (κ3) is 3.49. The number of hydrogen-bond donors (Lipinski definition) is 1. The van der Waals surface area contributed by atoms with Gasteiger partial charge in [-0.2, -0.15) is 0 Å². The van der Waals surface area contributed by atoms with Gasteiger partial charge in [-0.1, -0.05) is 42.9 Å². The predicted molar refractivity (Wildman–Crippen MR) is 107 cm³/mol. The number of anilines is 1. The Labute approximate surface area is 162 Å². The van der Waals surface area contributed by atoms with Gasteiger partial charge in [0.2, 0.25) is 5.13 Å². The molecular weight excluding hydrogens is 360 g/mol. The van der Waals surface area contributed by atoms with Crippen LogP contribution < -0.4 is 5.32 Å². The minimum atomic E-state index is -0.130. The standard InChI is InChI=1S/C20H24N4O2S/c1-3-4-11-24-15-9-6-5-8-14(15)13(2)17(24)18(25)21-20-23-22-19(27-20)16-10-7-12-26-16/h5-6,8-9,16H,3-4,7,10-12H2,1-2H3,(H,21,23,25). The van der Waals surface area contributed by atoms with Crippen molar-refractivity contribution < 1.29 is 9.53 Å². The molecule has 0 radical (unpaired) electrons. The van der Waals surface area contributed by atoms with Crippen LogP contribution in [0.4, 0.5) is 5.13 Å². The normalized spacial score (nSPS) is 16.9. The molecule has 0 aliphatic carbocycles. The maximum Gasteiger partial charge on any atom is 0.274 e. The molecule has 1 amide bonds. The lowest BCUT2D eigenvalue weighted by Crippen LogP contribution is -2.18. The number of benzene rings is 1. The Balaban J connectivity index is 1.63. The average molecular weight is 385 g/mol. The maximum absolute atomic E-state index is 13.1. The van der Waals surface area contributed by atoms with Gasteiger partial charge in [0, 0.05) is 24.1 Å². The van der Waals surface area contributed by atoms with Crippen molar-refractivity contribution in [2.75, 3.05) is 11.9 Å². The Hall–Kier alpha value is -2.25. The molecule has 7 heteroatoms. The van der Waals surface area contributed by atoms with Crippen molar-refractivity contribution in [2.24, 2.45) is 0 Å². The molecule has 0 spiro atoms. The van der Waals surface area contributed by atoms with Gasteiger partial charge in [0.05, 0.1) is 0 Å². The molecule has 1 N–H and O–H groups in total. The fraction of sp³-hybridized carbons (Fsp3) is 0.450. The van der Waals surface area contributed by atoms with Gasteiger partial charge >= 0.3 is 0 Å². The summed E-state index contributed by atoms with van der Waals surface area (Å²) in [7, 11) is 0. The second kappa shape index (κ2) is 7.78. The third-order valence-corrected chi connectivity index (χ3v) is 5.97. The summed E-state index contributed by atoms with van der Waals surface area (Å²) in [5.41, 5.74) is 2.81. The van der Waals surface area contributed by atoms with E-state index in [1.54, 1.807) is 0 Å². The molecule has 1 aliphatic rings. The quantitative estimate of drug-likeness (QED) is 0.668. The summed E-state index contributed by atoms with van der Waals surface area (Å²) in [6, 6.07) is 8.18. The van der Waals surface area contributed by atoms with E-state index < -0.39 is 0 Å². The van der Waals surface area contributed by atoms with Crippen LogP contribution >= 0.6 is 11.3 Å². The van der Waals surface area contributed by atoms with Crippen LogP contribution in [0, 0.1) is 6.92 Å². The Morgan fingerprint density at radius 2 is 2.22 bits per heavy atom. The molecule has 1 aliphatic heterocycles. The highest BCUT2D eigenvalue weighted by molar-refractivity contribution is 7.15. The number of fused-ring (bicyclic) bond motifs is 1. The van der Waals surface area contributed by atoms with Crippen LogP contribution in [0.1, 0.15) is 59.8 Å². The zero-order chi connectivity index (χ0) is 18.8. The number of aromatic nitrogens is 3. The fourth-order valence-electron chi connectivity index (χ4n) is 3.66. The summed E-state index contributed by atoms with van der Waals surface area (Å²) in [5.74, 6) is -0.130. The van der Waals surface area contributed by atoms with Gasteiger partial charge in [-0.05, 0) is 37.8 Å². The number of ether oxygens (including phenoxy) is 1. The summed E-state index contributed by atoms with van der Waals surface area (Å²) >= 11 is 1.40. The molecule has 0 bridgehead atoms.